The van der Waals surface area contributed by atoms with E-state index in [0.717, 1.165) is 18.4 Å². The standard InChI is InChI=1S/C12H14N2/c1-11(5-8-13-2)3-4-12-6-9-14-10-7-12/h5-10H,1-4H2/b8-5-. The second-order valence-corrected chi connectivity index (χ2v) is 3.01. The molecule has 1 aromatic rings. The first-order valence-electron chi connectivity index (χ1n) is 4.52. The summed E-state index contributed by atoms with van der Waals surface area (Å²) in [7, 11) is 0. The van der Waals surface area contributed by atoms with Crippen molar-refractivity contribution >= 4 is 6.72 Å². The number of allylic oxidation sites excluding steroid dienone is 2. The zero-order chi connectivity index (χ0) is 10.2. The van der Waals surface area contributed by atoms with Crippen molar-refractivity contribution in [3.63, 3.8) is 0 Å². The van der Waals surface area contributed by atoms with Gasteiger partial charge in [0.2, 0.25) is 0 Å². The van der Waals surface area contributed by atoms with Crippen molar-refractivity contribution in [3.8, 4) is 0 Å². The third-order valence-corrected chi connectivity index (χ3v) is 1.90. The maximum atomic E-state index is 3.96. The van der Waals surface area contributed by atoms with Gasteiger partial charge in [0.25, 0.3) is 0 Å². The molecule has 0 aliphatic heterocycles. The topological polar surface area (TPSA) is 25.2 Å². The molecule has 0 saturated carbocycles. The molecule has 0 aliphatic rings. The Morgan fingerprint density at radius 1 is 1.43 bits per heavy atom. The number of rotatable bonds is 5. The van der Waals surface area contributed by atoms with Gasteiger partial charge in [0.15, 0.2) is 0 Å². The highest BCUT2D eigenvalue weighted by Gasteiger charge is 1.92. The molecule has 0 radical (unpaired) electrons. The van der Waals surface area contributed by atoms with Crippen molar-refractivity contribution in [1.29, 1.82) is 0 Å². The zero-order valence-electron chi connectivity index (χ0n) is 8.19. The molecule has 0 aromatic carbocycles. The molecular weight excluding hydrogens is 172 g/mol. The van der Waals surface area contributed by atoms with Crippen LogP contribution in [0.2, 0.25) is 0 Å². The van der Waals surface area contributed by atoms with E-state index in [0.29, 0.717) is 0 Å². The summed E-state index contributed by atoms with van der Waals surface area (Å²) in [6, 6.07) is 4.03. The smallest absolute Gasteiger partial charge is 0.0270 e. The molecular formula is C12H14N2. The third kappa shape index (κ3) is 3.81. The van der Waals surface area contributed by atoms with Crippen LogP contribution in [0.25, 0.3) is 0 Å². The van der Waals surface area contributed by atoms with Gasteiger partial charge >= 0.3 is 0 Å². The van der Waals surface area contributed by atoms with Gasteiger partial charge in [-0.3, -0.25) is 9.98 Å². The lowest BCUT2D eigenvalue weighted by atomic mass is 10.1. The second kappa shape index (κ2) is 5.86. The Hall–Kier alpha value is -1.70. The summed E-state index contributed by atoms with van der Waals surface area (Å²) in [6.07, 6.45) is 9.08. The van der Waals surface area contributed by atoms with Crippen molar-refractivity contribution in [3.05, 3.63) is 54.5 Å². The summed E-state index contributed by atoms with van der Waals surface area (Å²) in [5.41, 5.74) is 2.34. The maximum Gasteiger partial charge on any atom is 0.0270 e. The highest BCUT2D eigenvalue weighted by Crippen LogP contribution is 2.07. The van der Waals surface area contributed by atoms with Crippen LogP contribution in [0, 0.1) is 0 Å². The molecule has 0 amide bonds. The van der Waals surface area contributed by atoms with Crippen LogP contribution in [0.15, 0.2) is 53.9 Å². The maximum absolute atomic E-state index is 3.96. The number of aryl methyl sites for hydroxylation is 1. The van der Waals surface area contributed by atoms with Gasteiger partial charge in [-0.05, 0) is 43.3 Å². The number of hydrogen-bond donors (Lipinski definition) is 0. The Morgan fingerprint density at radius 3 is 2.79 bits per heavy atom. The molecule has 0 aliphatic carbocycles. The minimum atomic E-state index is 0.941. The molecule has 0 unspecified atom stereocenters. The van der Waals surface area contributed by atoms with E-state index in [2.05, 4.69) is 23.3 Å². The Labute approximate surface area is 84.7 Å². The average Bonchev–Trinajstić information content (AvgIpc) is 2.25. The minimum absolute atomic E-state index is 0.941. The molecule has 2 nitrogen and oxygen atoms in total. The lowest BCUT2D eigenvalue weighted by molar-refractivity contribution is 0.963. The fraction of sp³-hybridized carbons (Fsp3) is 0.167. The van der Waals surface area contributed by atoms with Crippen LogP contribution in [0.3, 0.4) is 0 Å². The van der Waals surface area contributed by atoms with Crippen LogP contribution in [-0.2, 0) is 6.42 Å². The summed E-state index contributed by atoms with van der Waals surface area (Å²) in [5, 5.41) is 0. The largest absolute Gasteiger partial charge is 0.273 e. The van der Waals surface area contributed by atoms with Gasteiger partial charge < -0.3 is 0 Å². The van der Waals surface area contributed by atoms with E-state index in [9.17, 15) is 0 Å². The first-order valence-corrected chi connectivity index (χ1v) is 4.52. The van der Waals surface area contributed by atoms with E-state index in [4.69, 9.17) is 0 Å². The fourth-order valence-corrected chi connectivity index (χ4v) is 1.10. The van der Waals surface area contributed by atoms with E-state index in [1.54, 1.807) is 18.6 Å². The summed E-state index contributed by atoms with van der Waals surface area (Å²) in [6.45, 7) is 7.28. The third-order valence-electron chi connectivity index (χ3n) is 1.90. The Kier molecular flexibility index (Phi) is 4.35. The molecule has 1 aromatic heterocycles. The number of aliphatic imine (C=N–C) groups is 1. The van der Waals surface area contributed by atoms with Gasteiger partial charge in [0.1, 0.15) is 0 Å². The van der Waals surface area contributed by atoms with Crippen LogP contribution in [0.5, 0.6) is 0 Å². The van der Waals surface area contributed by atoms with Crippen molar-refractivity contribution < 1.29 is 0 Å². The molecule has 1 rings (SSSR count). The highest BCUT2D eigenvalue weighted by atomic mass is 14.6. The first kappa shape index (κ1) is 10.4. The molecule has 0 atom stereocenters. The summed E-state index contributed by atoms with van der Waals surface area (Å²) < 4.78 is 0. The monoisotopic (exact) mass is 186 g/mol. The van der Waals surface area contributed by atoms with Gasteiger partial charge in [-0.2, -0.15) is 0 Å². The lowest BCUT2D eigenvalue weighted by Gasteiger charge is -1.99. The quantitative estimate of drug-likeness (QED) is 0.512. The van der Waals surface area contributed by atoms with Crippen LogP contribution < -0.4 is 0 Å². The van der Waals surface area contributed by atoms with E-state index in [1.165, 1.54) is 5.56 Å². The molecule has 1 heterocycles. The summed E-state index contributed by atoms with van der Waals surface area (Å²) in [4.78, 5) is 7.59. The molecule has 0 bridgehead atoms. The summed E-state index contributed by atoms with van der Waals surface area (Å²) in [5.74, 6) is 0. The molecule has 14 heavy (non-hydrogen) atoms. The van der Waals surface area contributed by atoms with E-state index in [1.807, 2.05) is 18.2 Å². The van der Waals surface area contributed by atoms with Crippen LogP contribution in [0.4, 0.5) is 0 Å². The number of aromatic nitrogens is 1. The molecule has 0 N–H and O–H groups in total. The molecule has 0 fully saturated rings. The predicted octanol–water partition coefficient (Wildman–Crippen LogP) is 2.78. The first-order chi connectivity index (χ1) is 6.83. The molecule has 72 valence electrons. The SMILES string of the molecule is C=N/C=C\C(=C)CCc1ccncc1. The number of hydrogen-bond acceptors (Lipinski definition) is 2. The van der Waals surface area contributed by atoms with Crippen LogP contribution in [0.1, 0.15) is 12.0 Å². The number of pyridine rings is 1. The van der Waals surface area contributed by atoms with Gasteiger partial charge in [-0.1, -0.05) is 12.2 Å². The minimum Gasteiger partial charge on any atom is -0.273 e. The van der Waals surface area contributed by atoms with Gasteiger partial charge in [-0.15, -0.1) is 0 Å². The average molecular weight is 186 g/mol. The molecule has 0 saturated heterocycles. The van der Waals surface area contributed by atoms with Crippen LogP contribution in [-0.4, -0.2) is 11.7 Å². The Bertz CT molecular complexity index is 325. The van der Waals surface area contributed by atoms with Crippen molar-refractivity contribution in [2.75, 3.05) is 0 Å². The highest BCUT2D eigenvalue weighted by molar-refractivity contribution is 5.27. The van der Waals surface area contributed by atoms with Gasteiger partial charge in [0.05, 0.1) is 0 Å². The van der Waals surface area contributed by atoms with Crippen LogP contribution >= 0.6 is 0 Å². The van der Waals surface area contributed by atoms with E-state index >= 15 is 0 Å². The normalized spacial score (nSPS) is 10.3. The van der Waals surface area contributed by atoms with Crippen molar-refractivity contribution in [2.24, 2.45) is 4.99 Å². The lowest BCUT2D eigenvalue weighted by Crippen LogP contribution is -1.86. The summed E-state index contributed by atoms with van der Waals surface area (Å²) >= 11 is 0. The zero-order valence-corrected chi connectivity index (χ0v) is 8.19. The van der Waals surface area contributed by atoms with Gasteiger partial charge in [0, 0.05) is 18.6 Å². The fourth-order valence-electron chi connectivity index (χ4n) is 1.10. The van der Waals surface area contributed by atoms with E-state index < -0.39 is 0 Å². The van der Waals surface area contributed by atoms with Crippen molar-refractivity contribution in [1.82, 2.24) is 4.98 Å². The van der Waals surface area contributed by atoms with E-state index in [-0.39, 0.29) is 0 Å². The molecule has 0 spiro atoms. The Balaban J connectivity index is 2.38. The predicted molar refractivity (Wildman–Crippen MR) is 60.4 cm³/mol. The molecule has 2 heteroatoms. The van der Waals surface area contributed by atoms with Crippen molar-refractivity contribution in [2.45, 2.75) is 12.8 Å². The van der Waals surface area contributed by atoms with Gasteiger partial charge in [-0.25, -0.2) is 0 Å². The number of nitrogens with zero attached hydrogens (tertiary/aromatic N) is 2. The Morgan fingerprint density at radius 2 is 2.14 bits per heavy atom. The second-order valence-electron chi connectivity index (χ2n) is 3.01.